The summed E-state index contributed by atoms with van der Waals surface area (Å²) in [5.41, 5.74) is 7.25. The fourth-order valence-corrected chi connectivity index (χ4v) is 6.08. The quantitative estimate of drug-likeness (QED) is 0.172. The van der Waals surface area contributed by atoms with Crippen molar-refractivity contribution in [2.45, 2.75) is 12.5 Å². The van der Waals surface area contributed by atoms with Crippen LogP contribution in [0.5, 0.6) is 11.5 Å². The number of anilines is 2. The molecular formula is C41H33N5O. The number of benzene rings is 5. The number of aromatic nitrogens is 2. The molecule has 0 fully saturated rings. The van der Waals surface area contributed by atoms with Gasteiger partial charge >= 0.3 is 0 Å². The van der Waals surface area contributed by atoms with E-state index in [0.717, 1.165) is 63.2 Å². The average Bonchev–Trinajstić information content (AvgIpc) is 3.80. The summed E-state index contributed by atoms with van der Waals surface area (Å²) in [6, 6.07) is 49.7. The number of amidine groups is 1. The molecule has 0 N–H and O–H groups in total. The number of hydrazone groups is 1. The lowest BCUT2D eigenvalue weighted by atomic mass is 10.1. The molecule has 8 rings (SSSR count). The molecule has 1 atom stereocenters. The fourth-order valence-electron chi connectivity index (χ4n) is 6.08. The van der Waals surface area contributed by atoms with Gasteiger partial charge in [0.1, 0.15) is 18.2 Å². The van der Waals surface area contributed by atoms with Gasteiger partial charge in [0.25, 0.3) is 0 Å². The van der Waals surface area contributed by atoms with Crippen molar-refractivity contribution >= 4 is 17.2 Å². The van der Waals surface area contributed by atoms with Crippen molar-refractivity contribution in [2.24, 2.45) is 5.10 Å². The van der Waals surface area contributed by atoms with Crippen molar-refractivity contribution in [3.63, 3.8) is 0 Å². The van der Waals surface area contributed by atoms with Crippen LogP contribution in [0.2, 0.25) is 0 Å². The van der Waals surface area contributed by atoms with Crippen molar-refractivity contribution in [3.05, 3.63) is 175 Å². The lowest BCUT2D eigenvalue weighted by Gasteiger charge is -2.22. The van der Waals surface area contributed by atoms with Gasteiger partial charge in [-0.3, -0.25) is 4.68 Å². The smallest absolute Gasteiger partial charge is 0.162 e. The molecule has 47 heavy (non-hydrogen) atoms. The molecule has 0 saturated carbocycles. The van der Waals surface area contributed by atoms with Gasteiger partial charge in [0.15, 0.2) is 5.84 Å². The fraction of sp³-hybridized carbons (Fsp3) is 0.0732. The molecular weight excluding hydrogens is 578 g/mol. The van der Waals surface area contributed by atoms with Crippen molar-refractivity contribution in [1.82, 2.24) is 9.78 Å². The van der Waals surface area contributed by atoms with Crippen LogP contribution in [0.15, 0.2) is 175 Å². The molecule has 1 aromatic heterocycles. The first kappa shape index (κ1) is 28.3. The summed E-state index contributed by atoms with van der Waals surface area (Å²) in [5, 5.41) is 12.2. The van der Waals surface area contributed by atoms with Crippen LogP contribution in [0.4, 0.5) is 11.4 Å². The highest BCUT2D eigenvalue weighted by atomic mass is 16.5. The van der Waals surface area contributed by atoms with Gasteiger partial charge in [-0.1, -0.05) is 121 Å². The largest absolute Gasteiger partial charge is 0.457 e. The molecule has 0 spiro atoms. The van der Waals surface area contributed by atoms with E-state index >= 15 is 0 Å². The van der Waals surface area contributed by atoms with Gasteiger partial charge in [-0.25, -0.2) is 5.01 Å². The highest BCUT2D eigenvalue weighted by molar-refractivity contribution is 6.12. The Hall–Kier alpha value is -6.14. The zero-order valence-electron chi connectivity index (χ0n) is 25.8. The van der Waals surface area contributed by atoms with Gasteiger partial charge in [0.2, 0.25) is 0 Å². The Bertz CT molecular complexity index is 2080. The van der Waals surface area contributed by atoms with E-state index in [0.29, 0.717) is 6.67 Å². The molecule has 1 aliphatic carbocycles. The normalized spacial score (nSPS) is 15.6. The van der Waals surface area contributed by atoms with E-state index in [1.807, 2.05) is 65.7 Å². The number of nitrogens with zero attached hydrogens (tertiary/aromatic N) is 5. The molecule has 0 radical (unpaired) electrons. The van der Waals surface area contributed by atoms with E-state index in [2.05, 4.69) is 119 Å². The molecule has 5 aromatic carbocycles. The SMILES string of the molecule is C1=CC[C@H](n2nc(-c3cccc(Oc4cccc(N5CN(c6ccccc6)C(c6ccccc6)=N5)c4)c3)cc2-c2ccccc2)C=C1. The number of ether oxygens (including phenoxy) is 1. The zero-order chi connectivity index (χ0) is 31.4. The first-order valence-electron chi connectivity index (χ1n) is 15.9. The maximum absolute atomic E-state index is 6.46. The highest BCUT2D eigenvalue weighted by Gasteiger charge is 2.27. The molecule has 0 bridgehead atoms. The van der Waals surface area contributed by atoms with Crippen LogP contribution in [0.25, 0.3) is 22.5 Å². The Morgan fingerprint density at radius 1 is 0.596 bits per heavy atom. The Morgan fingerprint density at radius 3 is 2.00 bits per heavy atom. The number of hydrogen-bond donors (Lipinski definition) is 0. The molecule has 0 amide bonds. The molecule has 6 aromatic rings. The number of allylic oxidation sites excluding steroid dienone is 4. The van der Waals surface area contributed by atoms with Crippen LogP contribution in [0, 0.1) is 0 Å². The summed E-state index contributed by atoms with van der Waals surface area (Å²) < 4.78 is 8.60. The zero-order valence-corrected chi connectivity index (χ0v) is 25.8. The van der Waals surface area contributed by atoms with Gasteiger partial charge in [0, 0.05) is 22.9 Å². The van der Waals surface area contributed by atoms with Gasteiger partial charge in [-0.15, -0.1) is 0 Å². The summed E-state index contributed by atoms with van der Waals surface area (Å²) in [5.74, 6) is 2.39. The van der Waals surface area contributed by atoms with Crippen molar-refractivity contribution in [1.29, 1.82) is 0 Å². The van der Waals surface area contributed by atoms with Crippen molar-refractivity contribution < 1.29 is 4.74 Å². The number of hydrogen-bond acceptors (Lipinski definition) is 5. The van der Waals surface area contributed by atoms with Crippen molar-refractivity contribution in [2.75, 3.05) is 16.6 Å². The van der Waals surface area contributed by atoms with E-state index in [-0.39, 0.29) is 6.04 Å². The maximum Gasteiger partial charge on any atom is 0.162 e. The minimum absolute atomic E-state index is 0.166. The third kappa shape index (κ3) is 5.97. The predicted octanol–water partition coefficient (Wildman–Crippen LogP) is 9.71. The van der Waals surface area contributed by atoms with Gasteiger partial charge in [-0.05, 0) is 54.4 Å². The van der Waals surface area contributed by atoms with Crippen LogP contribution >= 0.6 is 0 Å². The first-order valence-corrected chi connectivity index (χ1v) is 15.9. The van der Waals surface area contributed by atoms with E-state index in [9.17, 15) is 0 Å². The Kier molecular flexibility index (Phi) is 7.65. The Labute approximate surface area is 274 Å². The second-order valence-corrected chi connectivity index (χ2v) is 11.6. The maximum atomic E-state index is 6.46. The molecule has 0 unspecified atom stereocenters. The first-order chi connectivity index (χ1) is 23.3. The van der Waals surface area contributed by atoms with E-state index in [1.165, 1.54) is 0 Å². The molecule has 0 saturated heterocycles. The molecule has 2 heterocycles. The minimum Gasteiger partial charge on any atom is -0.457 e. The minimum atomic E-state index is 0.166. The molecule has 2 aliphatic rings. The van der Waals surface area contributed by atoms with E-state index in [4.69, 9.17) is 14.9 Å². The predicted molar refractivity (Wildman–Crippen MR) is 191 cm³/mol. The van der Waals surface area contributed by atoms with Crippen LogP contribution < -0.4 is 14.6 Å². The molecule has 228 valence electrons. The third-order valence-electron chi connectivity index (χ3n) is 8.40. The summed E-state index contributed by atoms with van der Waals surface area (Å²) in [4.78, 5) is 2.23. The third-order valence-corrected chi connectivity index (χ3v) is 8.40. The van der Waals surface area contributed by atoms with Gasteiger partial charge in [-0.2, -0.15) is 10.2 Å². The monoisotopic (exact) mass is 611 g/mol. The lowest BCUT2D eigenvalue weighted by molar-refractivity contribution is 0.483. The second kappa shape index (κ2) is 12.7. The van der Waals surface area contributed by atoms with Crippen LogP contribution in [0.1, 0.15) is 18.0 Å². The van der Waals surface area contributed by atoms with E-state index in [1.54, 1.807) is 0 Å². The summed E-state index contributed by atoms with van der Waals surface area (Å²) in [6.07, 6.45) is 9.51. The Morgan fingerprint density at radius 2 is 1.26 bits per heavy atom. The molecule has 6 heteroatoms. The van der Waals surface area contributed by atoms with Gasteiger partial charge in [0.05, 0.1) is 23.1 Å². The molecule has 1 aliphatic heterocycles. The lowest BCUT2D eigenvalue weighted by Crippen LogP contribution is -2.31. The molecule has 6 nitrogen and oxygen atoms in total. The highest BCUT2D eigenvalue weighted by Crippen LogP contribution is 2.35. The standard InChI is InChI=1S/C41H33N5O/c1-5-15-31(16-6-1)40-29-39(42-46(40)35-22-11-4-12-23-35)33-19-13-25-37(27-33)47-38-26-14-24-36(28-38)45-30-44(34-20-9-3-10-21-34)41(43-45)32-17-7-2-8-18-32/h1-22,24-29,35H,23,30H2/t35-/m1/s1. The Balaban J connectivity index is 1.07. The van der Waals surface area contributed by atoms with Crippen LogP contribution in [-0.4, -0.2) is 22.3 Å². The van der Waals surface area contributed by atoms with Crippen LogP contribution in [-0.2, 0) is 0 Å². The van der Waals surface area contributed by atoms with E-state index < -0.39 is 0 Å². The summed E-state index contributed by atoms with van der Waals surface area (Å²) in [6.45, 7) is 0.589. The number of para-hydroxylation sites is 1. The van der Waals surface area contributed by atoms with Crippen molar-refractivity contribution in [3.8, 4) is 34.0 Å². The average molecular weight is 612 g/mol. The number of rotatable bonds is 8. The van der Waals surface area contributed by atoms with Crippen LogP contribution in [0.3, 0.4) is 0 Å². The second-order valence-electron chi connectivity index (χ2n) is 11.6. The topological polar surface area (TPSA) is 45.9 Å². The summed E-state index contributed by atoms with van der Waals surface area (Å²) >= 11 is 0. The summed E-state index contributed by atoms with van der Waals surface area (Å²) in [7, 11) is 0. The van der Waals surface area contributed by atoms with Gasteiger partial charge < -0.3 is 9.64 Å².